The van der Waals surface area contributed by atoms with Crippen molar-refractivity contribution < 1.29 is 4.42 Å². The molecule has 1 atom stereocenters. The van der Waals surface area contributed by atoms with Crippen molar-refractivity contribution in [2.75, 3.05) is 7.05 Å². The molecule has 1 aromatic heterocycles. The van der Waals surface area contributed by atoms with Gasteiger partial charge in [0, 0.05) is 10.4 Å². The molecule has 1 unspecified atom stereocenters. The Kier molecular flexibility index (Phi) is 3.75. The third-order valence-electron chi connectivity index (χ3n) is 3.81. The van der Waals surface area contributed by atoms with Gasteiger partial charge in [0.05, 0.1) is 6.04 Å². The van der Waals surface area contributed by atoms with Crippen molar-refractivity contribution in [2.24, 2.45) is 0 Å². The molecule has 1 heterocycles. The summed E-state index contributed by atoms with van der Waals surface area (Å²) in [6.45, 7) is 4.24. The van der Waals surface area contributed by atoms with Crippen LogP contribution >= 0.6 is 11.6 Å². The highest BCUT2D eigenvalue weighted by molar-refractivity contribution is 6.31. The van der Waals surface area contributed by atoms with Gasteiger partial charge in [-0.1, -0.05) is 35.4 Å². The average molecular weight is 300 g/mol. The summed E-state index contributed by atoms with van der Waals surface area (Å²) < 4.78 is 5.99. The zero-order chi connectivity index (χ0) is 15.0. The summed E-state index contributed by atoms with van der Waals surface area (Å²) in [6, 6.07) is 14.3. The highest BCUT2D eigenvalue weighted by Gasteiger charge is 2.18. The first kappa shape index (κ1) is 14.2. The number of furan rings is 1. The summed E-state index contributed by atoms with van der Waals surface area (Å²) >= 11 is 6.04. The van der Waals surface area contributed by atoms with E-state index in [4.69, 9.17) is 16.0 Å². The fourth-order valence-corrected chi connectivity index (χ4v) is 2.96. The molecule has 0 aliphatic rings. The summed E-state index contributed by atoms with van der Waals surface area (Å²) in [5.41, 5.74) is 4.61. The van der Waals surface area contributed by atoms with Gasteiger partial charge in [-0.05, 0) is 56.3 Å². The first-order chi connectivity index (χ1) is 10.1. The van der Waals surface area contributed by atoms with Gasteiger partial charge in [0.2, 0.25) is 0 Å². The summed E-state index contributed by atoms with van der Waals surface area (Å²) in [4.78, 5) is 0. The van der Waals surface area contributed by atoms with Crippen LogP contribution in [0.3, 0.4) is 0 Å². The molecule has 0 aliphatic carbocycles. The molecule has 0 spiro atoms. The Balaban J connectivity index is 2.09. The third-order valence-corrected chi connectivity index (χ3v) is 4.04. The largest absolute Gasteiger partial charge is 0.459 e. The van der Waals surface area contributed by atoms with E-state index in [0.29, 0.717) is 0 Å². The fraction of sp³-hybridized carbons (Fsp3) is 0.222. The smallest absolute Gasteiger partial charge is 0.134 e. The molecule has 1 N–H and O–H groups in total. The minimum absolute atomic E-state index is 0.0387. The molecular weight excluding hydrogens is 282 g/mol. The van der Waals surface area contributed by atoms with Crippen LogP contribution in [0.4, 0.5) is 0 Å². The number of aryl methyl sites for hydroxylation is 2. The van der Waals surface area contributed by atoms with Gasteiger partial charge in [0.25, 0.3) is 0 Å². The van der Waals surface area contributed by atoms with Gasteiger partial charge in [-0.3, -0.25) is 0 Å². The standard InChI is InChI=1S/C18H18ClNO/c1-11-4-6-15(12(2)8-11)18(20-3)17-10-13-9-14(19)5-7-16(13)21-17/h4-10,18,20H,1-3H3. The van der Waals surface area contributed by atoms with E-state index in [1.807, 2.05) is 25.2 Å². The van der Waals surface area contributed by atoms with Crippen molar-refractivity contribution in [1.82, 2.24) is 5.32 Å². The molecule has 0 aliphatic heterocycles. The number of rotatable bonds is 3. The Bertz CT molecular complexity index is 791. The maximum atomic E-state index is 6.04. The SMILES string of the molecule is CNC(c1cc2cc(Cl)ccc2o1)c1ccc(C)cc1C. The number of benzene rings is 2. The lowest BCUT2D eigenvalue weighted by atomic mass is 9.97. The van der Waals surface area contributed by atoms with Gasteiger partial charge in [-0.2, -0.15) is 0 Å². The Morgan fingerprint density at radius 3 is 2.57 bits per heavy atom. The van der Waals surface area contributed by atoms with E-state index in [0.717, 1.165) is 21.8 Å². The molecule has 3 rings (SSSR count). The van der Waals surface area contributed by atoms with Gasteiger partial charge in [-0.15, -0.1) is 0 Å². The van der Waals surface area contributed by atoms with Crippen molar-refractivity contribution in [3.8, 4) is 0 Å². The average Bonchev–Trinajstić information content (AvgIpc) is 2.84. The molecule has 0 saturated carbocycles. The summed E-state index contributed by atoms with van der Waals surface area (Å²) in [7, 11) is 1.95. The first-order valence-electron chi connectivity index (χ1n) is 7.02. The lowest BCUT2D eigenvalue weighted by Crippen LogP contribution is -2.18. The van der Waals surface area contributed by atoms with Gasteiger partial charge >= 0.3 is 0 Å². The van der Waals surface area contributed by atoms with Crippen LogP contribution < -0.4 is 5.32 Å². The van der Waals surface area contributed by atoms with Gasteiger partial charge in [0.1, 0.15) is 11.3 Å². The molecule has 21 heavy (non-hydrogen) atoms. The van der Waals surface area contributed by atoms with Crippen molar-refractivity contribution in [3.05, 3.63) is 69.9 Å². The maximum absolute atomic E-state index is 6.04. The normalized spacial score (nSPS) is 12.8. The Hall–Kier alpha value is -1.77. The van der Waals surface area contributed by atoms with E-state index in [9.17, 15) is 0 Å². The molecule has 108 valence electrons. The van der Waals surface area contributed by atoms with E-state index in [1.54, 1.807) is 0 Å². The lowest BCUT2D eigenvalue weighted by Gasteiger charge is -2.17. The number of halogens is 1. The molecule has 0 fully saturated rings. The predicted molar refractivity (Wildman–Crippen MR) is 88.0 cm³/mol. The number of hydrogen-bond donors (Lipinski definition) is 1. The first-order valence-corrected chi connectivity index (χ1v) is 7.39. The Labute approximate surface area is 129 Å². The predicted octanol–water partition coefficient (Wildman–Crippen LogP) is 5.01. The highest BCUT2D eigenvalue weighted by atomic mass is 35.5. The monoisotopic (exact) mass is 299 g/mol. The quantitative estimate of drug-likeness (QED) is 0.735. The molecule has 0 bridgehead atoms. The summed E-state index contributed by atoms with van der Waals surface area (Å²) in [6.07, 6.45) is 0. The molecule has 0 saturated heterocycles. The second-order valence-electron chi connectivity index (χ2n) is 5.41. The zero-order valence-electron chi connectivity index (χ0n) is 12.4. The van der Waals surface area contributed by atoms with Crippen molar-refractivity contribution in [1.29, 1.82) is 0 Å². The molecule has 2 nitrogen and oxygen atoms in total. The van der Waals surface area contributed by atoms with E-state index in [1.165, 1.54) is 16.7 Å². The lowest BCUT2D eigenvalue weighted by molar-refractivity contribution is 0.490. The van der Waals surface area contributed by atoms with Crippen LogP contribution in [-0.4, -0.2) is 7.05 Å². The molecule has 2 aromatic carbocycles. The van der Waals surface area contributed by atoms with Gasteiger partial charge in [0.15, 0.2) is 0 Å². The van der Waals surface area contributed by atoms with Crippen LogP contribution in [0.25, 0.3) is 11.0 Å². The fourth-order valence-electron chi connectivity index (χ4n) is 2.78. The molecule has 0 amide bonds. The van der Waals surface area contributed by atoms with E-state index in [2.05, 4.69) is 43.4 Å². The second kappa shape index (κ2) is 5.55. The molecule has 3 heteroatoms. The van der Waals surface area contributed by atoms with E-state index >= 15 is 0 Å². The van der Waals surface area contributed by atoms with Crippen LogP contribution in [0.2, 0.25) is 5.02 Å². The van der Waals surface area contributed by atoms with Crippen molar-refractivity contribution >= 4 is 22.6 Å². The molecular formula is C18H18ClNO. The maximum Gasteiger partial charge on any atom is 0.134 e. The van der Waals surface area contributed by atoms with Gasteiger partial charge < -0.3 is 9.73 Å². The van der Waals surface area contributed by atoms with Crippen LogP contribution in [0.15, 0.2) is 46.9 Å². The van der Waals surface area contributed by atoms with Crippen molar-refractivity contribution in [3.63, 3.8) is 0 Å². The van der Waals surface area contributed by atoms with E-state index in [-0.39, 0.29) is 6.04 Å². The molecule has 3 aromatic rings. The number of hydrogen-bond acceptors (Lipinski definition) is 2. The summed E-state index contributed by atoms with van der Waals surface area (Å²) in [5.74, 6) is 0.904. The highest BCUT2D eigenvalue weighted by Crippen LogP contribution is 2.31. The van der Waals surface area contributed by atoms with Crippen LogP contribution in [0, 0.1) is 13.8 Å². The Morgan fingerprint density at radius 1 is 1.05 bits per heavy atom. The van der Waals surface area contributed by atoms with Crippen LogP contribution in [0.1, 0.15) is 28.5 Å². The van der Waals surface area contributed by atoms with E-state index < -0.39 is 0 Å². The van der Waals surface area contributed by atoms with Crippen LogP contribution in [-0.2, 0) is 0 Å². The summed E-state index contributed by atoms with van der Waals surface area (Å²) in [5, 5.41) is 5.10. The number of nitrogens with one attached hydrogen (secondary N) is 1. The number of fused-ring (bicyclic) bond motifs is 1. The minimum Gasteiger partial charge on any atom is -0.459 e. The van der Waals surface area contributed by atoms with Crippen molar-refractivity contribution in [2.45, 2.75) is 19.9 Å². The zero-order valence-corrected chi connectivity index (χ0v) is 13.2. The Morgan fingerprint density at radius 2 is 1.86 bits per heavy atom. The third kappa shape index (κ3) is 2.69. The van der Waals surface area contributed by atoms with Gasteiger partial charge in [-0.25, -0.2) is 0 Å². The topological polar surface area (TPSA) is 25.2 Å². The second-order valence-corrected chi connectivity index (χ2v) is 5.85. The van der Waals surface area contributed by atoms with Crippen LogP contribution in [0.5, 0.6) is 0 Å². The minimum atomic E-state index is 0.0387. The molecule has 0 radical (unpaired) electrons.